The summed E-state index contributed by atoms with van der Waals surface area (Å²) < 4.78 is 7.36. The van der Waals surface area contributed by atoms with Gasteiger partial charge in [-0.25, -0.2) is 4.68 Å². The highest BCUT2D eigenvalue weighted by molar-refractivity contribution is 5.97. The van der Waals surface area contributed by atoms with Crippen LogP contribution < -0.4 is 10.1 Å². The summed E-state index contributed by atoms with van der Waals surface area (Å²) in [4.78, 5) is 12.8. The van der Waals surface area contributed by atoms with Crippen LogP contribution in [0.1, 0.15) is 17.0 Å². The van der Waals surface area contributed by atoms with E-state index in [-0.39, 0.29) is 11.8 Å². The van der Waals surface area contributed by atoms with Crippen LogP contribution in [0.15, 0.2) is 60.8 Å². The minimum Gasteiger partial charge on any atom is -0.492 e. The van der Waals surface area contributed by atoms with Gasteiger partial charge in [0.1, 0.15) is 24.1 Å². The number of anilines is 1. The summed E-state index contributed by atoms with van der Waals surface area (Å²) in [6, 6.07) is 17.4. The summed E-state index contributed by atoms with van der Waals surface area (Å²) in [6.45, 7) is 2.30. The van der Waals surface area contributed by atoms with Gasteiger partial charge >= 0.3 is 0 Å². The maximum atomic E-state index is 12.8. The van der Waals surface area contributed by atoms with Crippen LogP contribution >= 0.6 is 0 Å². The minimum atomic E-state index is -0.306. The number of rotatable bonds is 3. The highest BCUT2D eigenvalue weighted by Gasteiger charge is 2.30. The molecule has 5 nitrogen and oxygen atoms in total. The van der Waals surface area contributed by atoms with Crippen molar-refractivity contribution in [3.05, 3.63) is 71.9 Å². The second-order valence-electron chi connectivity index (χ2n) is 5.81. The van der Waals surface area contributed by atoms with Crippen molar-refractivity contribution in [2.75, 3.05) is 11.9 Å². The van der Waals surface area contributed by atoms with Crippen molar-refractivity contribution in [3.63, 3.8) is 0 Å². The highest BCUT2D eigenvalue weighted by Crippen LogP contribution is 2.34. The molecule has 3 aromatic rings. The molecule has 1 amide bonds. The van der Waals surface area contributed by atoms with Crippen LogP contribution in [0.3, 0.4) is 0 Å². The Morgan fingerprint density at radius 1 is 1.17 bits per heavy atom. The predicted molar refractivity (Wildman–Crippen MR) is 91.6 cm³/mol. The lowest BCUT2D eigenvalue weighted by Crippen LogP contribution is -2.24. The van der Waals surface area contributed by atoms with E-state index in [1.807, 2.05) is 61.5 Å². The zero-order valence-corrected chi connectivity index (χ0v) is 13.3. The Bertz CT molecular complexity index is 887. The van der Waals surface area contributed by atoms with E-state index in [1.165, 1.54) is 0 Å². The minimum absolute atomic E-state index is 0.0827. The Morgan fingerprint density at radius 2 is 1.92 bits per heavy atom. The molecule has 24 heavy (non-hydrogen) atoms. The summed E-state index contributed by atoms with van der Waals surface area (Å²) in [6.07, 6.45) is 1.75. The van der Waals surface area contributed by atoms with Gasteiger partial charge in [0.15, 0.2) is 0 Å². The maximum absolute atomic E-state index is 12.8. The standard InChI is InChI=1S/C19H17N3O2/c1-13-11-20-22(14-7-3-2-4-8-14)18(13)21-19(23)16-12-24-17-10-6-5-9-15(16)17/h2-11,16H,12H2,1H3,(H,21,23)/t16-/m1/s1. The van der Waals surface area contributed by atoms with Crippen LogP contribution in [0.4, 0.5) is 5.82 Å². The van der Waals surface area contributed by atoms with Crippen molar-refractivity contribution >= 4 is 11.7 Å². The smallest absolute Gasteiger partial charge is 0.236 e. The lowest BCUT2D eigenvalue weighted by atomic mass is 10.0. The van der Waals surface area contributed by atoms with Gasteiger partial charge in [-0.05, 0) is 25.1 Å². The van der Waals surface area contributed by atoms with E-state index < -0.39 is 0 Å². The van der Waals surface area contributed by atoms with Crippen molar-refractivity contribution in [1.82, 2.24) is 9.78 Å². The van der Waals surface area contributed by atoms with Crippen LogP contribution in [0.5, 0.6) is 5.75 Å². The van der Waals surface area contributed by atoms with Gasteiger partial charge in [-0.15, -0.1) is 0 Å². The van der Waals surface area contributed by atoms with Crippen molar-refractivity contribution in [2.24, 2.45) is 0 Å². The zero-order chi connectivity index (χ0) is 16.5. The number of nitrogens with one attached hydrogen (secondary N) is 1. The number of aryl methyl sites for hydroxylation is 1. The van der Waals surface area contributed by atoms with E-state index >= 15 is 0 Å². The molecule has 4 rings (SSSR count). The van der Waals surface area contributed by atoms with Crippen molar-refractivity contribution in [3.8, 4) is 11.4 Å². The number of fused-ring (bicyclic) bond motifs is 1. The Hall–Kier alpha value is -3.08. The molecule has 0 saturated carbocycles. The van der Waals surface area contributed by atoms with Gasteiger partial charge in [0.2, 0.25) is 5.91 Å². The van der Waals surface area contributed by atoms with Gasteiger partial charge in [0.25, 0.3) is 0 Å². The summed E-state index contributed by atoms with van der Waals surface area (Å²) in [7, 11) is 0. The predicted octanol–water partition coefficient (Wildman–Crippen LogP) is 3.30. The highest BCUT2D eigenvalue weighted by atomic mass is 16.5. The molecule has 5 heteroatoms. The topological polar surface area (TPSA) is 56.2 Å². The number of carbonyl (C=O) groups excluding carboxylic acids is 1. The number of amides is 1. The van der Waals surface area contributed by atoms with Gasteiger partial charge in [0, 0.05) is 11.1 Å². The average Bonchev–Trinajstić information content (AvgIpc) is 3.20. The van der Waals surface area contributed by atoms with Gasteiger partial charge in [-0.2, -0.15) is 5.10 Å². The zero-order valence-electron chi connectivity index (χ0n) is 13.3. The van der Waals surface area contributed by atoms with Crippen LogP contribution in [0, 0.1) is 6.92 Å². The molecular weight excluding hydrogens is 302 g/mol. The molecule has 1 atom stereocenters. The van der Waals surface area contributed by atoms with E-state index in [2.05, 4.69) is 10.4 Å². The first-order valence-electron chi connectivity index (χ1n) is 7.86. The van der Waals surface area contributed by atoms with Gasteiger partial charge in [-0.1, -0.05) is 36.4 Å². The summed E-state index contributed by atoms with van der Waals surface area (Å²) in [5, 5.41) is 7.40. The molecule has 2 heterocycles. The first-order valence-corrected chi connectivity index (χ1v) is 7.86. The third kappa shape index (κ3) is 2.44. The van der Waals surface area contributed by atoms with Crippen LogP contribution in [0.2, 0.25) is 0 Å². The van der Waals surface area contributed by atoms with Gasteiger partial charge in [-0.3, -0.25) is 4.79 Å². The first-order chi connectivity index (χ1) is 11.7. The number of para-hydroxylation sites is 2. The van der Waals surface area contributed by atoms with Crippen LogP contribution in [-0.4, -0.2) is 22.3 Å². The molecule has 2 aromatic carbocycles. The van der Waals surface area contributed by atoms with E-state index in [0.29, 0.717) is 12.4 Å². The Balaban J connectivity index is 1.63. The molecule has 1 N–H and O–H groups in total. The third-order valence-corrected chi connectivity index (χ3v) is 4.21. The third-order valence-electron chi connectivity index (χ3n) is 4.21. The van der Waals surface area contributed by atoms with Gasteiger partial charge in [0.05, 0.1) is 11.9 Å². The number of carbonyl (C=O) groups is 1. The summed E-state index contributed by atoms with van der Waals surface area (Å²) >= 11 is 0. The molecule has 0 spiro atoms. The fourth-order valence-electron chi connectivity index (χ4n) is 2.93. The molecule has 1 aliphatic rings. The second kappa shape index (κ2) is 5.85. The van der Waals surface area contributed by atoms with E-state index in [9.17, 15) is 4.79 Å². The average molecular weight is 319 g/mol. The van der Waals surface area contributed by atoms with Crippen LogP contribution in [-0.2, 0) is 4.79 Å². The van der Waals surface area contributed by atoms with Crippen molar-refractivity contribution in [2.45, 2.75) is 12.8 Å². The molecule has 0 radical (unpaired) electrons. The Labute approximate surface area is 139 Å². The molecule has 0 saturated heterocycles. The monoisotopic (exact) mass is 319 g/mol. The molecule has 0 bridgehead atoms. The van der Waals surface area contributed by atoms with Crippen molar-refractivity contribution < 1.29 is 9.53 Å². The SMILES string of the molecule is Cc1cnn(-c2ccccc2)c1NC(=O)[C@@H]1COc2ccccc21. The fourth-order valence-corrected chi connectivity index (χ4v) is 2.93. The lowest BCUT2D eigenvalue weighted by Gasteiger charge is -2.13. The molecule has 0 aliphatic carbocycles. The number of hydrogen-bond donors (Lipinski definition) is 1. The number of hydrogen-bond acceptors (Lipinski definition) is 3. The normalized spacial score (nSPS) is 15.6. The molecule has 0 unspecified atom stereocenters. The number of benzene rings is 2. The first kappa shape index (κ1) is 14.5. The number of nitrogens with zero attached hydrogens (tertiary/aromatic N) is 2. The molecule has 0 fully saturated rings. The van der Waals surface area contributed by atoms with Crippen LogP contribution in [0.25, 0.3) is 5.69 Å². The van der Waals surface area contributed by atoms with Crippen molar-refractivity contribution in [1.29, 1.82) is 0 Å². The molecular formula is C19H17N3O2. The second-order valence-corrected chi connectivity index (χ2v) is 5.81. The Morgan fingerprint density at radius 3 is 2.75 bits per heavy atom. The summed E-state index contributed by atoms with van der Waals surface area (Å²) in [5.41, 5.74) is 2.75. The number of ether oxygens (including phenoxy) is 1. The quantitative estimate of drug-likeness (QED) is 0.806. The fraction of sp³-hybridized carbons (Fsp3) is 0.158. The summed E-state index contributed by atoms with van der Waals surface area (Å²) in [5.74, 6) is 1.09. The lowest BCUT2D eigenvalue weighted by molar-refractivity contribution is -0.117. The van der Waals surface area contributed by atoms with Gasteiger partial charge < -0.3 is 10.1 Å². The van der Waals surface area contributed by atoms with E-state index in [4.69, 9.17) is 4.74 Å². The Kier molecular flexibility index (Phi) is 3.54. The maximum Gasteiger partial charge on any atom is 0.236 e. The van der Waals surface area contributed by atoms with E-state index in [0.717, 1.165) is 22.6 Å². The van der Waals surface area contributed by atoms with E-state index in [1.54, 1.807) is 10.9 Å². The molecule has 1 aromatic heterocycles. The number of aromatic nitrogens is 2. The molecule has 1 aliphatic heterocycles. The largest absolute Gasteiger partial charge is 0.492 e. The molecule has 120 valence electrons.